The smallest absolute Gasteiger partial charge is 0.275 e. The lowest BCUT2D eigenvalue weighted by Gasteiger charge is -2.27. The summed E-state index contributed by atoms with van der Waals surface area (Å²) in [5.41, 5.74) is 4.04. The van der Waals surface area contributed by atoms with E-state index in [1.807, 2.05) is 52.9 Å². The number of benzene rings is 2. The minimum atomic E-state index is 0.0854. The Balaban J connectivity index is 1.89. The van der Waals surface area contributed by atoms with Gasteiger partial charge in [-0.05, 0) is 42.3 Å². The molecule has 0 fully saturated rings. The van der Waals surface area contributed by atoms with Gasteiger partial charge in [0.1, 0.15) is 5.69 Å². The number of halogens is 1. The Morgan fingerprint density at radius 3 is 2.64 bits per heavy atom. The number of rotatable bonds is 1. The number of carbonyl (C=O) groups is 1. The fraction of sp³-hybridized carbons (Fsp3) is 0.167. The summed E-state index contributed by atoms with van der Waals surface area (Å²) in [6.07, 6.45) is 0.879. The van der Waals surface area contributed by atoms with Crippen LogP contribution in [0.2, 0.25) is 0 Å². The van der Waals surface area contributed by atoms with Crippen molar-refractivity contribution in [1.82, 2.24) is 4.57 Å². The van der Waals surface area contributed by atoms with E-state index in [2.05, 4.69) is 28.1 Å². The second kappa shape index (κ2) is 4.99. The Morgan fingerprint density at radius 1 is 1.09 bits per heavy atom. The van der Waals surface area contributed by atoms with Gasteiger partial charge in [0.25, 0.3) is 5.91 Å². The lowest BCUT2D eigenvalue weighted by Crippen LogP contribution is -2.38. The van der Waals surface area contributed by atoms with E-state index in [4.69, 9.17) is 0 Å². The van der Waals surface area contributed by atoms with Crippen molar-refractivity contribution in [3.63, 3.8) is 0 Å². The molecule has 4 heteroatoms. The normalized spacial score (nSPS) is 14.5. The molecule has 1 aliphatic rings. The highest BCUT2D eigenvalue weighted by Crippen LogP contribution is 2.33. The van der Waals surface area contributed by atoms with Crippen molar-refractivity contribution in [2.24, 2.45) is 7.05 Å². The molecule has 0 unspecified atom stereocenters. The van der Waals surface area contributed by atoms with Gasteiger partial charge in [0.05, 0.1) is 0 Å². The van der Waals surface area contributed by atoms with Gasteiger partial charge < -0.3 is 9.47 Å². The molecule has 22 heavy (non-hydrogen) atoms. The van der Waals surface area contributed by atoms with E-state index in [0.29, 0.717) is 0 Å². The molecule has 0 N–H and O–H groups in total. The summed E-state index contributed by atoms with van der Waals surface area (Å²) in [7, 11) is 1.97. The minimum Gasteiger partial charge on any atom is -0.339 e. The fourth-order valence-corrected chi connectivity index (χ4v) is 3.69. The summed E-state index contributed by atoms with van der Waals surface area (Å²) in [6, 6.07) is 16.1. The van der Waals surface area contributed by atoms with E-state index in [1.54, 1.807) is 0 Å². The molecule has 0 aliphatic carbocycles. The molecule has 3 aromatic rings. The summed E-state index contributed by atoms with van der Waals surface area (Å²) >= 11 is 3.53. The van der Waals surface area contributed by atoms with E-state index in [1.165, 1.54) is 5.39 Å². The van der Waals surface area contributed by atoms with Crippen LogP contribution in [-0.2, 0) is 13.5 Å². The van der Waals surface area contributed by atoms with Crippen molar-refractivity contribution in [2.45, 2.75) is 6.42 Å². The number of fused-ring (bicyclic) bond motifs is 3. The SMILES string of the molecule is Cn1c2c(c3cc(Br)ccc31)CCN(c1ccccc1)C2=O. The van der Waals surface area contributed by atoms with Gasteiger partial charge in [0.15, 0.2) is 0 Å². The summed E-state index contributed by atoms with van der Waals surface area (Å²) in [5.74, 6) is 0.0854. The average molecular weight is 355 g/mol. The van der Waals surface area contributed by atoms with Crippen molar-refractivity contribution in [2.75, 3.05) is 11.4 Å². The Labute approximate surface area is 137 Å². The van der Waals surface area contributed by atoms with Gasteiger partial charge in [-0.2, -0.15) is 0 Å². The number of carbonyl (C=O) groups excluding carboxylic acids is 1. The van der Waals surface area contributed by atoms with Crippen LogP contribution in [0.4, 0.5) is 5.69 Å². The van der Waals surface area contributed by atoms with Crippen LogP contribution in [0.15, 0.2) is 53.0 Å². The predicted octanol–water partition coefficient (Wildman–Crippen LogP) is 4.14. The van der Waals surface area contributed by atoms with Crippen LogP contribution in [0.5, 0.6) is 0 Å². The molecule has 0 spiro atoms. The van der Waals surface area contributed by atoms with Gasteiger partial charge in [-0.25, -0.2) is 0 Å². The number of amides is 1. The Bertz CT molecular complexity index is 883. The topological polar surface area (TPSA) is 25.2 Å². The molecule has 0 atom stereocenters. The lowest BCUT2D eigenvalue weighted by molar-refractivity contribution is 0.0973. The van der Waals surface area contributed by atoms with Crippen LogP contribution < -0.4 is 4.90 Å². The molecule has 0 saturated heterocycles. The van der Waals surface area contributed by atoms with E-state index >= 15 is 0 Å². The fourth-order valence-electron chi connectivity index (χ4n) is 3.33. The number of para-hydroxylation sites is 1. The molecule has 2 aromatic carbocycles. The molecule has 0 bridgehead atoms. The second-order valence-corrected chi connectivity index (χ2v) is 6.51. The molecule has 1 aliphatic heterocycles. The van der Waals surface area contributed by atoms with Crippen molar-refractivity contribution < 1.29 is 4.79 Å². The van der Waals surface area contributed by atoms with Gasteiger partial charge in [-0.15, -0.1) is 0 Å². The van der Waals surface area contributed by atoms with Crippen molar-refractivity contribution in [3.05, 3.63) is 64.3 Å². The number of hydrogen-bond acceptors (Lipinski definition) is 1. The Morgan fingerprint density at radius 2 is 1.86 bits per heavy atom. The average Bonchev–Trinajstić information content (AvgIpc) is 2.82. The molecule has 3 nitrogen and oxygen atoms in total. The molecule has 2 heterocycles. The van der Waals surface area contributed by atoms with Crippen LogP contribution in [-0.4, -0.2) is 17.0 Å². The zero-order valence-corrected chi connectivity index (χ0v) is 13.8. The first kappa shape index (κ1) is 13.6. The standard InChI is InChI=1S/C18H15BrN2O/c1-20-16-8-7-12(19)11-15(16)14-9-10-21(18(22)17(14)20)13-5-3-2-4-6-13/h2-8,11H,9-10H2,1H3. The Kier molecular flexibility index (Phi) is 3.08. The van der Waals surface area contributed by atoms with Crippen LogP contribution in [0.1, 0.15) is 16.1 Å². The molecule has 0 radical (unpaired) electrons. The molecule has 1 aromatic heterocycles. The maximum Gasteiger partial charge on any atom is 0.275 e. The third kappa shape index (κ3) is 1.91. The van der Waals surface area contributed by atoms with Crippen LogP contribution in [0, 0.1) is 0 Å². The largest absolute Gasteiger partial charge is 0.339 e. The number of aryl methyl sites for hydroxylation is 1. The number of anilines is 1. The van der Waals surface area contributed by atoms with E-state index in [-0.39, 0.29) is 5.91 Å². The van der Waals surface area contributed by atoms with Gasteiger partial charge in [0, 0.05) is 34.7 Å². The maximum atomic E-state index is 13.0. The second-order valence-electron chi connectivity index (χ2n) is 5.59. The maximum absolute atomic E-state index is 13.0. The van der Waals surface area contributed by atoms with E-state index in [9.17, 15) is 4.79 Å². The van der Waals surface area contributed by atoms with Crippen molar-refractivity contribution in [3.8, 4) is 0 Å². The minimum absolute atomic E-state index is 0.0854. The van der Waals surface area contributed by atoms with Crippen LogP contribution in [0.25, 0.3) is 10.9 Å². The highest BCUT2D eigenvalue weighted by Gasteiger charge is 2.30. The van der Waals surface area contributed by atoms with Crippen LogP contribution >= 0.6 is 15.9 Å². The third-order valence-corrected chi connectivity index (χ3v) is 4.86. The zero-order valence-electron chi connectivity index (χ0n) is 12.2. The summed E-state index contributed by atoms with van der Waals surface area (Å²) in [4.78, 5) is 14.9. The quantitative estimate of drug-likeness (QED) is 0.644. The number of hydrogen-bond donors (Lipinski definition) is 0. The summed E-state index contributed by atoms with van der Waals surface area (Å²) < 4.78 is 3.07. The van der Waals surface area contributed by atoms with E-state index < -0.39 is 0 Å². The van der Waals surface area contributed by atoms with Gasteiger partial charge in [0.2, 0.25) is 0 Å². The molecule has 110 valence electrons. The monoisotopic (exact) mass is 354 g/mol. The highest BCUT2D eigenvalue weighted by molar-refractivity contribution is 9.10. The molecule has 1 amide bonds. The van der Waals surface area contributed by atoms with Gasteiger partial charge in [-0.1, -0.05) is 34.1 Å². The first-order chi connectivity index (χ1) is 10.7. The molecular weight excluding hydrogens is 340 g/mol. The zero-order chi connectivity index (χ0) is 15.3. The summed E-state index contributed by atoms with van der Waals surface area (Å²) in [6.45, 7) is 0.724. The third-order valence-electron chi connectivity index (χ3n) is 4.37. The first-order valence-electron chi connectivity index (χ1n) is 7.30. The first-order valence-corrected chi connectivity index (χ1v) is 8.10. The van der Waals surface area contributed by atoms with Gasteiger partial charge >= 0.3 is 0 Å². The number of nitrogens with zero attached hydrogens (tertiary/aromatic N) is 2. The number of aromatic nitrogens is 1. The van der Waals surface area contributed by atoms with Crippen molar-refractivity contribution in [1.29, 1.82) is 0 Å². The van der Waals surface area contributed by atoms with E-state index in [0.717, 1.165) is 39.9 Å². The lowest BCUT2D eigenvalue weighted by atomic mass is 10.0. The molecule has 0 saturated carbocycles. The Hall–Kier alpha value is -2.07. The molecular formula is C18H15BrN2O. The summed E-state index contributed by atoms with van der Waals surface area (Å²) in [5, 5.41) is 1.17. The van der Waals surface area contributed by atoms with Crippen molar-refractivity contribution >= 4 is 38.4 Å². The predicted molar refractivity (Wildman–Crippen MR) is 92.4 cm³/mol. The van der Waals surface area contributed by atoms with Gasteiger partial charge in [-0.3, -0.25) is 4.79 Å². The van der Waals surface area contributed by atoms with Crippen LogP contribution in [0.3, 0.4) is 0 Å². The molecule has 4 rings (SSSR count). The highest BCUT2D eigenvalue weighted by atomic mass is 79.9.